The van der Waals surface area contributed by atoms with Crippen LogP contribution in [0.2, 0.25) is 0 Å². The van der Waals surface area contributed by atoms with E-state index < -0.39 is 0 Å². The summed E-state index contributed by atoms with van der Waals surface area (Å²) in [6.07, 6.45) is 3.24. The molecule has 1 heterocycles. The number of carbonyl (C=O) groups excluding carboxylic acids is 1. The first-order valence-electron chi connectivity index (χ1n) is 8.19. The van der Waals surface area contributed by atoms with E-state index in [0.29, 0.717) is 17.2 Å². The number of amides is 1. The predicted octanol–water partition coefficient (Wildman–Crippen LogP) is 2.11. The summed E-state index contributed by atoms with van der Waals surface area (Å²) in [6, 6.07) is 15.0. The molecule has 0 radical (unpaired) electrons. The summed E-state index contributed by atoms with van der Waals surface area (Å²) in [6.45, 7) is 0.0170. The monoisotopic (exact) mass is 365 g/mol. The Kier molecular flexibility index (Phi) is 5.78. The molecular formula is C19H19N5O3. The van der Waals surface area contributed by atoms with Gasteiger partial charge in [0.05, 0.1) is 26.6 Å². The molecule has 1 N–H and O–H groups in total. The highest BCUT2D eigenvalue weighted by Gasteiger charge is 2.07. The number of hydrogen-bond donors (Lipinski definition) is 1. The molecule has 2 aromatic carbocycles. The molecular weight excluding hydrogens is 346 g/mol. The van der Waals surface area contributed by atoms with E-state index in [-0.39, 0.29) is 12.5 Å². The molecule has 0 aliphatic heterocycles. The number of carbonyl (C=O) groups is 1. The quantitative estimate of drug-likeness (QED) is 0.512. The van der Waals surface area contributed by atoms with Gasteiger partial charge in [0, 0.05) is 5.56 Å². The largest absolute Gasteiger partial charge is 0.493 e. The van der Waals surface area contributed by atoms with Crippen LogP contribution in [0.4, 0.5) is 0 Å². The molecule has 0 atom stereocenters. The lowest BCUT2D eigenvalue weighted by Gasteiger charge is -2.07. The zero-order valence-electron chi connectivity index (χ0n) is 15.0. The van der Waals surface area contributed by atoms with Gasteiger partial charge in [0.2, 0.25) is 0 Å². The van der Waals surface area contributed by atoms with E-state index in [0.717, 1.165) is 11.1 Å². The van der Waals surface area contributed by atoms with E-state index in [9.17, 15) is 4.79 Å². The van der Waals surface area contributed by atoms with Gasteiger partial charge in [-0.05, 0) is 23.8 Å². The molecule has 0 aliphatic carbocycles. The molecule has 0 fully saturated rings. The van der Waals surface area contributed by atoms with Crippen molar-refractivity contribution >= 4 is 12.1 Å². The lowest BCUT2D eigenvalue weighted by molar-refractivity contribution is -0.121. The number of benzene rings is 2. The van der Waals surface area contributed by atoms with Crippen molar-refractivity contribution in [3.8, 4) is 22.8 Å². The lowest BCUT2D eigenvalue weighted by atomic mass is 10.2. The van der Waals surface area contributed by atoms with Crippen LogP contribution in [0.1, 0.15) is 5.56 Å². The molecule has 3 rings (SSSR count). The van der Waals surface area contributed by atoms with Crippen molar-refractivity contribution in [3.05, 3.63) is 60.3 Å². The van der Waals surface area contributed by atoms with Gasteiger partial charge in [-0.2, -0.15) is 5.10 Å². The van der Waals surface area contributed by atoms with E-state index in [2.05, 4.69) is 20.8 Å². The fourth-order valence-corrected chi connectivity index (χ4v) is 2.41. The van der Waals surface area contributed by atoms with Crippen molar-refractivity contribution in [1.82, 2.24) is 20.4 Å². The number of hydrazone groups is 1. The highest BCUT2D eigenvalue weighted by Crippen LogP contribution is 2.26. The summed E-state index contributed by atoms with van der Waals surface area (Å²) < 4.78 is 11.9. The molecule has 0 bridgehead atoms. The summed E-state index contributed by atoms with van der Waals surface area (Å²) in [5.74, 6) is 0.902. The number of methoxy groups -OCH3 is 2. The topological polar surface area (TPSA) is 90.6 Å². The molecule has 27 heavy (non-hydrogen) atoms. The van der Waals surface area contributed by atoms with Crippen LogP contribution < -0.4 is 14.9 Å². The molecule has 0 unspecified atom stereocenters. The zero-order chi connectivity index (χ0) is 19.1. The van der Waals surface area contributed by atoms with E-state index in [1.165, 1.54) is 10.9 Å². The first-order chi connectivity index (χ1) is 13.2. The molecule has 0 aliphatic rings. The highest BCUT2D eigenvalue weighted by atomic mass is 16.5. The van der Waals surface area contributed by atoms with E-state index in [4.69, 9.17) is 9.47 Å². The normalized spacial score (nSPS) is 10.7. The maximum Gasteiger partial charge on any atom is 0.261 e. The van der Waals surface area contributed by atoms with Crippen LogP contribution in [0.3, 0.4) is 0 Å². The third kappa shape index (κ3) is 4.69. The SMILES string of the molecule is COc1ccc(C=NNC(=O)Cn2cc(-c3ccccc3)nn2)cc1OC. The molecule has 0 spiro atoms. The first-order valence-corrected chi connectivity index (χ1v) is 8.19. The van der Waals surface area contributed by atoms with Crippen LogP contribution in [0, 0.1) is 0 Å². The van der Waals surface area contributed by atoms with Gasteiger partial charge >= 0.3 is 0 Å². The third-order valence-corrected chi connectivity index (χ3v) is 3.72. The van der Waals surface area contributed by atoms with Crippen LogP contribution in [0.25, 0.3) is 11.3 Å². The molecule has 0 saturated heterocycles. The van der Waals surface area contributed by atoms with Crippen molar-refractivity contribution in [3.63, 3.8) is 0 Å². The Labute approximate surface area is 156 Å². The van der Waals surface area contributed by atoms with E-state index in [1.54, 1.807) is 38.6 Å². The molecule has 138 valence electrons. The van der Waals surface area contributed by atoms with Gasteiger partial charge in [0.25, 0.3) is 5.91 Å². The van der Waals surface area contributed by atoms with Crippen LogP contribution in [0.15, 0.2) is 59.8 Å². The Hall–Kier alpha value is -3.68. The standard InChI is InChI=1S/C19H19N5O3/c1-26-17-9-8-14(10-18(17)27-2)11-20-22-19(25)13-24-12-16(21-23-24)15-6-4-3-5-7-15/h3-12H,13H2,1-2H3,(H,22,25). The first kappa shape index (κ1) is 18.1. The smallest absolute Gasteiger partial charge is 0.261 e. The molecule has 1 amide bonds. The van der Waals surface area contributed by atoms with Gasteiger partial charge in [-0.1, -0.05) is 35.5 Å². The molecule has 0 saturated carbocycles. The highest BCUT2D eigenvalue weighted by molar-refractivity contribution is 5.83. The van der Waals surface area contributed by atoms with E-state index in [1.807, 2.05) is 30.3 Å². The molecule has 1 aromatic heterocycles. The van der Waals surface area contributed by atoms with Crippen molar-refractivity contribution in [2.45, 2.75) is 6.54 Å². The van der Waals surface area contributed by atoms with Crippen LogP contribution >= 0.6 is 0 Å². The zero-order valence-corrected chi connectivity index (χ0v) is 15.0. The van der Waals surface area contributed by atoms with Gasteiger partial charge in [0.1, 0.15) is 12.2 Å². The Bertz CT molecular complexity index is 938. The predicted molar refractivity (Wildman–Crippen MR) is 101 cm³/mol. The summed E-state index contributed by atoms with van der Waals surface area (Å²) in [5, 5.41) is 12.0. The second-order valence-corrected chi connectivity index (χ2v) is 5.57. The van der Waals surface area contributed by atoms with Crippen LogP contribution in [-0.2, 0) is 11.3 Å². The molecule has 8 nitrogen and oxygen atoms in total. The third-order valence-electron chi connectivity index (χ3n) is 3.72. The number of aromatic nitrogens is 3. The Morgan fingerprint density at radius 3 is 2.67 bits per heavy atom. The molecule has 8 heteroatoms. The average Bonchev–Trinajstić information content (AvgIpc) is 3.17. The van der Waals surface area contributed by atoms with Gasteiger partial charge in [0.15, 0.2) is 11.5 Å². The van der Waals surface area contributed by atoms with Crippen molar-refractivity contribution in [1.29, 1.82) is 0 Å². The number of rotatable bonds is 7. The number of hydrogen-bond acceptors (Lipinski definition) is 6. The van der Waals surface area contributed by atoms with Gasteiger partial charge in [-0.25, -0.2) is 10.1 Å². The Morgan fingerprint density at radius 1 is 1.15 bits per heavy atom. The minimum absolute atomic E-state index is 0.0170. The van der Waals surface area contributed by atoms with Crippen LogP contribution in [0.5, 0.6) is 11.5 Å². The summed E-state index contributed by atoms with van der Waals surface area (Å²) in [4.78, 5) is 12.0. The van der Waals surface area contributed by atoms with Crippen LogP contribution in [-0.4, -0.2) is 41.3 Å². The van der Waals surface area contributed by atoms with Crippen molar-refractivity contribution in [2.75, 3.05) is 14.2 Å². The number of nitrogens with one attached hydrogen (secondary N) is 1. The lowest BCUT2D eigenvalue weighted by Crippen LogP contribution is -2.23. The Balaban J connectivity index is 1.57. The fraction of sp³-hybridized carbons (Fsp3) is 0.158. The van der Waals surface area contributed by atoms with E-state index >= 15 is 0 Å². The van der Waals surface area contributed by atoms with Gasteiger partial charge in [-0.15, -0.1) is 5.10 Å². The number of ether oxygens (including phenoxy) is 2. The second kappa shape index (κ2) is 8.61. The van der Waals surface area contributed by atoms with Crippen molar-refractivity contribution in [2.24, 2.45) is 5.10 Å². The van der Waals surface area contributed by atoms with Gasteiger partial charge in [-0.3, -0.25) is 4.79 Å². The maximum absolute atomic E-state index is 12.0. The maximum atomic E-state index is 12.0. The van der Waals surface area contributed by atoms with Gasteiger partial charge < -0.3 is 9.47 Å². The number of nitrogens with zero attached hydrogens (tertiary/aromatic N) is 4. The summed E-state index contributed by atoms with van der Waals surface area (Å²) in [7, 11) is 3.13. The fourth-order valence-electron chi connectivity index (χ4n) is 2.41. The molecule has 3 aromatic rings. The minimum atomic E-state index is -0.309. The second-order valence-electron chi connectivity index (χ2n) is 5.57. The summed E-state index contributed by atoms with van der Waals surface area (Å²) in [5.41, 5.74) is 4.87. The minimum Gasteiger partial charge on any atom is -0.493 e. The Morgan fingerprint density at radius 2 is 1.93 bits per heavy atom. The van der Waals surface area contributed by atoms with Crippen molar-refractivity contribution < 1.29 is 14.3 Å². The average molecular weight is 365 g/mol. The summed E-state index contributed by atoms with van der Waals surface area (Å²) >= 11 is 0.